The third-order valence-electron chi connectivity index (χ3n) is 8.00. The predicted octanol–water partition coefficient (Wildman–Crippen LogP) is 6.17. The quantitative estimate of drug-likeness (QED) is 0.242. The lowest BCUT2D eigenvalue weighted by Gasteiger charge is -2.37. The van der Waals surface area contributed by atoms with E-state index in [1.54, 1.807) is 20.8 Å². The van der Waals surface area contributed by atoms with Gasteiger partial charge in [0.25, 0.3) is 5.56 Å². The number of ether oxygens (including phenoxy) is 3. The normalized spacial score (nSPS) is 16.1. The van der Waals surface area contributed by atoms with Crippen molar-refractivity contribution in [1.82, 2.24) is 25.0 Å². The zero-order valence-corrected chi connectivity index (χ0v) is 29.2. The molecule has 6 rings (SSSR count). The van der Waals surface area contributed by atoms with Gasteiger partial charge in [-0.25, -0.2) is 24.1 Å². The molecule has 1 N–H and O–H groups in total. The van der Waals surface area contributed by atoms with E-state index in [0.717, 1.165) is 6.07 Å². The highest BCUT2D eigenvalue weighted by molar-refractivity contribution is 6.18. The van der Waals surface area contributed by atoms with Gasteiger partial charge in [0.2, 0.25) is 0 Å². The van der Waals surface area contributed by atoms with Crippen LogP contribution in [-0.2, 0) is 22.4 Å². The zero-order chi connectivity index (χ0) is 39.0. The van der Waals surface area contributed by atoms with Crippen molar-refractivity contribution >= 4 is 46.1 Å². The summed E-state index contributed by atoms with van der Waals surface area (Å²) >= 11 is 6.21. The third-order valence-corrected chi connectivity index (χ3v) is 8.25. The summed E-state index contributed by atoms with van der Waals surface area (Å²) in [5.74, 6) is -1.82. The number of H-pyrrole nitrogens is 1. The average Bonchev–Trinajstić information content (AvgIpc) is 3.66. The number of carbonyl (C=O) groups excluding carboxylic acids is 2. The third kappa shape index (κ3) is 6.19. The summed E-state index contributed by atoms with van der Waals surface area (Å²) in [5, 5.41) is 20.9. The number of fused-ring (bicyclic) bond motifs is 2. The van der Waals surface area contributed by atoms with E-state index in [2.05, 4.69) is 26.3 Å². The highest BCUT2D eigenvalue weighted by Crippen LogP contribution is 2.52. The van der Waals surface area contributed by atoms with Crippen molar-refractivity contribution in [2.75, 3.05) is 23.3 Å². The van der Waals surface area contributed by atoms with Crippen molar-refractivity contribution in [1.29, 1.82) is 5.26 Å². The fourth-order valence-electron chi connectivity index (χ4n) is 5.70. The van der Waals surface area contributed by atoms with Gasteiger partial charge < -0.3 is 14.2 Å². The topological polar surface area (TPSA) is 169 Å². The van der Waals surface area contributed by atoms with Crippen LogP contribution >= 0.6 is 11.6 Å². The monoisotopic (exact) mass is 709 g/mol. The SMILES string of the molecule is [2H]C([2H])([2H])N(C(=O)OC(C)(C)C)c1nc(-c2cnn(C)c2-c2c(F)cc3c(c2C#N)OC2(CC2)CN3C(=O)OC(C)(C)C)cc2c(CCl)n[nH]c(=O)c12. The van der Waals surface area contributed by atoms with Gasteiger partial charge in [-0.1, -0.05) is 0 Å². The van der Waals surface area contributed by atoms with Gasteiger partial charge in [0, 0.05) is 35.2 Å². The van der Waals surface area contributed by atoms with E-state index in [1.165, 1.54) is 49.7 Å². The first kappa shape index (κ1) is 30.8. The number of nitriles is 1. The molecule has 2 aliphatic rings. The Bertz CT molecular complexity index is 2290. The molecule has 0 unspecified atom stereocenters. The molecule has 3 aromatic heterocycles. The number of halogens is 2. The van der Waals surface area contributed by atoms with Gasteiger partial charge in [-0.2, -0.15) is 15.5 Å². The smallest absolute Gasteiger partial charge is 0.415 e. The van der Waals surface area contributed by atoms with E-state index in [1.807, 2.05) is 0 Å². The van der Waals surface area contributed by atoms with E-state index in [-0.39, 0.29) is 73.3 Å². The highest BCUT2D eigenvalue weighted by atomic mass is 35.5. The van der Waals surface area contributed by atoms with Crippen LogP contribution in [0, 0.1) is 17.1 Å². The first-order valence-corrected chi connectivity index (χ1v) is 16.1. The Labute approximate surface area is 295 Å². The Morgan fingerprint density at radius 1 is 1.22 bits per heavy atom. The molecule has 4 aromatic rings. The Kier molecular flexibility index (Phi) is 7.38. The molecule has 1 aliphatic heterocycles. The highest BCUT2D eigenvalue weighted by Gasteiger charge is 2.53. The Hall–Kier alpha value is -5.23. The molecule has 2 amide bonds. The lowest BCUT2D eigenvalue weighted by molar-refractivity contribution is 0.0535. The molecule has 50 heavy (non-hydrogen) atoms. The minimum absolute atomic E-state index is 0.00501. The molecule has 0 bridgehead atoms. The standard InChI is InChI=1S/C34H36ClFN8O6/c1-32(2,3)49-30(46)42(7)28-25-17(22(13-35)40-41-29(25)45)11-21(39-28)19-15-38-43(8)26(19)24-18(14-37)27-23(12-20(24)36)44(16-34(48-27)9-10-34)31(47)50-33(4,5)6/h11-12,15H,9-10,13,16H2,1-8H3,(H,41,45)/i7D3. The molecule has 16 heteroatoms. The fraction of sp³-hybridized carbons (Fsp3) is 0.441. The summed E-state index contributed by atoms with van der Waals surface area (Å²) in [5.41, 5.74) is -4.07. The summed E-state index contributed by atoms with van der Waals surface area (Å²) in [6, 6.07) is 4.51. The molecule has 1 aromatic carbocycles. The average molecular weight is 710 g/mol. The molecule has 1 fully saturated rings. The van der Waals surface area contributed by atoms with Crippen LogP contribution in [0.15, 0.2) is 23.1 Å². The Morgan fingerprint density at radius 3 is 2.52 bits per heavy atom. The summed E-state index contributed by atoms with van der Waals surface area (Å²) < 4.78 is 60.1. The number of nitrogens with zero attached hydrogens (tertiary/aromatic N) is 7. The largest absolute Gasteiger partial charge is 0.482 e. The molecule has 1 spiro atoms. The van der Waals surface area contributed by atoms with Crippen LogP contribution in [0.25, 0.3) is 33.3 Å². The van der Waals surface area contributed by atoms with Crippen LogP contribution in [0.2, 0.25) is 0 Å². The van der Waals surface area contributed by atoms with E-state index < -0.39 is 53.2 Å². The van der Waals surface area contributed by atoms with Crippen LogP contribution in [0.5, 0.6) is 5.75 Å². The van der Waals surface area contributed by atoms with E-state index in [4.69, 9.17) is 29.9 Å². The number of hydrogen-bond acceptors (Lipinski definition) is 10. The fourth-order valence-corrected chi connectivity index (χ4v) is 5.90. The minimum atomic E-state index is -3.22. The van der Waals surface area contributed by atoms with Crippen molar-refractivity contribution in [2.45, 2.75) is 77.1 Å². The van der Waals surface area contributed by atoms with E-state index in [9.17, 15) is 19.6 Å². The number of rotatable bonds is 4. The number of hydrogen-bond donors (Lipinski definition) is 1. The summed E-state index contributed by atoms with van der Waals surface area (Å²) in [4.78, 5) is 46.3. The number of alkyl halides is 1. The molecular weight excluding hydrogens is 671 g/mol. The van der Waals surface area contributed by atoms with Gasteiger partial charge in [0.15, 0.2) is 11.6 Å². The first-order valence-electron chi connectivity index (χ1n) is 17.1. The minimum Gasteiger partial charge on any atom is -0.482 e. The van der Waals surface area contributed by atoms with Crippen molar-refractivity contribution in [3.05, 3.63) is 45.8 Å². The number of aromatic amines is 1. The Morgan fingerprint density at radius 2 is 1.92 bits per heavy atom. The second-order valence-corrected chi connectivity index (χ2v) is 14.4. The van der Waals surface area contributed by atoms with Crippen molar-refractivity contribution < 1.29 is 32.3 Å². The maximum Gasteiger partial charge on any atom is 0.415 e. The number of aryl methyl sites for hydroxylation is 1. The van der Waals surface area contributed by atoms with Crippen LogP contribution < -0.4 is 20.1 Å². The second kappa shape index (κ2) is 12.0. The maximum atomic E-state index is 16.6. The number of pyridine rings is 1. The molecule has 262 valence electrons. The van der Waals surface area contributed by atoms with Gasteiger partial charge in [-0.3, -0.25) is 19.3 Å². The van der Waals surface area contributed by atoms with Gasteiger partial charge >= 0.3 is 12.2 Å². The molecule has 0 saturated heterocycles. The molecular formula is C34H36ClFN8O6. The predicted molar refractivity (Wildman–Crippen MR) is 183 cm³/mol. The van der Waals surface area contributed by atoms with Crippen LogP contribution in [0.3, 0.4) is 0 Å². The van der Waals surface area contributed by atoms with Crippen LogP contribution in [0.4, 0.5) is 25.5 Å². The van der Waals surface area contributed by atoms with E-state index in [0.29, 0.717) is 12.8 Å². The summed E-state index contributed by atoms with van der Waals surface area (Å²) in [7, 11) is 1.49. The number of aromatic nitrogens is 5. The zero-order valence-electron chi connectivity index (χ0n) is 31.4. The van der Waals surface area contributed by atoms with Gasteiger partial charge in [0.05, 0.1) is 52.3 Å². The van der Waals surface area contributed by atoms with Crippen molar-refractivity contribution in [3.63, 3.8) is 0 Å². The molecule has 0 radical (unpaired) electrons. The van der Waals surface area contributed by atoms with Crippen LogP contribution in [-0.4, -0.2) is 67.5 Å². The second-order valence-electron chi connectivity index (χ2n) is 14.2. The number of nitrogens with one attached hydrogen (secondary N) is 1. The first-order chi connectivity index (χ1) is 24.6. The van der Waals surface area contributed by atoms with Crippen LogP contribution in [0.1, 0.15) is 69.8 Å². The molecule has 0 atom stereocenters. The Balaban J connectivity index is 1.62. The van der Waals surface area contributed by atoms with Gasteiger partial charge in [-0.05, 0) is 60.5 Å². The van der Waals surface area contributed by atoms with Gasteiger partial charge in [0.1, 0.15) is 34.3 Å². The molecule has 1 saturated carbocycles. The lowest BCUT2D eigenvalue weighted by atomic mass is 9.96. The molecule has 4 heterocycles. The van der Waals surface area contributed by atoms with Crippen molar-refractivity contribution in [3.8, 4) is 34.3 Å². The maximum absolute atomic E-state index is 16.6. The lowest BCUT2D eigenvalue weighted by Crippen LogP contribution is -2.47. The summed E-state index contributed by atoms with van der Waals surface area (Å²) in [6.07, 6.45) is 0.403. The number of benzene rings is 1. The van der Waals surface area contributed by atoms with Gasteiger partial charge in [-0.15, -0.1) is 11.6 Å². The number of carbonyl (C=O) groups is 2. The van der Waals surface area contributed by atoms with E-state index >= 15 is 4.39 Å². The van der Waals surface area contributed by atoms with Crippen molar-refractivity contribution in [2.24, 2.45) is 7.05 Å². The number of amides is 2. The molecule has 1 aliphatic carbocycles. The number of anilines is 2. The summed E-state index contributed by atoms with van der Waals surface area (Å²) in [6.45, 7) is 6.59. The molecule has 14 nitrogen and oxygen atoms in total.